The summed E-state index contributed by atoms with van der Waals surface area (Å²) in [6.45, 7) is 6.93. The lowest BCUT2D eigenvalue weighted by molar-refractivity contribution is -0.135. The summed E-state index contributed by atoms with van der Waals surface area (Å²) in [5.41, 5.74) is 3.03. The van der Waals surface area contributed by atoms with Gasteiger partial charge in [0.1, 0.15) is 12.1 Å². The van der Waals surface area contributed by atoms with E-state index in [9.17, 15) is 14.4 Å². The summed E-state index contributed by atoms with van der Waals surface area (Å²) in [6, 6.07) is 15.3. The summed E-state index contributed by atoms with van der Waals surface area (Å²) in [4.78, 5) is 41.8. The predicted octanol–water partition coefficient (Wildman–Crippen LogP) is 2.31. The molecule has 184 valence electrons. The Hall–Kier alpha value is -3.23. The molecule has 5 rings (SSSR count). The first-order valence-electron chi connectivity index (χ1n) is 12.3. The van der Waals surface area contributed by atoms with Crippen molar-refractivity contribution >= 4 is 17.8 Å². The molecular weight excluding hydrogens is 444 g/mol. The summed E-state index contributed by atoms with van der Waals surface area (Å²) in [5, 5.41) is 5.69. The Kier molecular flexibility index (Phi) is 6.34. The molecule has 8 nitrogen and oxygen atoms in total. The standard InChI is InChI=1S/C27H32N4O4/c1-18-14-30(15-19(2)35-18)16-21-9-7-20(8-10-21)13-28-24(32)17-31-25(33)27(29-26(31)34)12-11-22-5-3-4-6-23(22)27/h3-10,18-19H,11-17H2,1-2H3,(H,28,32)(H,29,34). The second-order valence-electron chi connectivity index (χ2n) is 9.93. The normalized spacial score (nSPS) is 26.2. The molecule has 4 amide bonds. The third-order valence-electron chi connectivity index (χ3n) is 7.14. The zero-order valence-corrected chi connectivity index (χ0v) is 20.3. The minimum absolute atomic E-state index is 0.232. The van der Waals surface area contributed by atoms with Crippen LogP contribution in [0.2, 0.25) is 0 Å². The molecular formula is C27H32N4O4. The molecule has 35 heavy (non-hydrogen) atoms. The molecule has 2 heterocycles. The van der Waals surface area contributed by atoms with E-state index in [0.29, 0.717) is 13.0 Å². The van der Waals surface area contributed by atoms with Crippen LogP contribution in [0.3, 0.4) is 0 Å². The lowest BCUT2D eigenvalue weighted by atomic mass is 9.92. The summed E-state index contributed by atoms with van der Waals surface area (Å²) in [7, 11) is 0. The van der Waals surface area contributed by atoms with Gasteiger partial charge in [-0.15, -0.1) is 0 Å². The molecule has 0 bridgehead atoms. The van der Waals surface area contributed by atoms with Gasteiger partial charge in [-0.2, -0.15) is 0 Å². The summed E-state index contributed by atoms with van der Waals surface area (Å²) in [5.74, 6) is -0.712. The highest BCUT2D eigenvalue weighted by Crippen LogP contribution is 2.41. The Balaban J connectivity index is 1.14. The fraction of sp³-hybridized carbons (Fsp3) is 0.444. The maximum absolute atomic E-state index is 13.2. The quantitative estimate of drug-likeness (QED) is 0.625. The topological polar surface area (TPSA) is 91.0 Å². The lowest BCUT2D eigenvalue weighted by Crippen LogP contribution is -2.44. The monoisotopic (exact) mass is 476 g/mol. The Labute approximate surface area is 205 Å². The van der Waals surface area contributed by atoms with Crippen LogP contribution < -0.4 is 10.6 Å². The molecule has 3 unspecified atom stereocenters. The van der Waals surface area contributed by atoms with Crippen LogP contribution in [0.4, 0.5) is 4.79 Å². The van der Waals surface area contributed by atoms with E-state index < -0.39 is 11.6 Å². The van der Waals surface area contributed by atoms with E-state index in [1.165, 1.54) is 5.56 Å². The van der Waals surface area contributed by atoms with Gasteiger partial charge in [0.2, 0.25) is 5.91 Å². The second-order valence-corrected chi connectivity index (χ2v) is 9.93. The number of hydrogen-bond acceptors (Lipinski definition) is 5. The largest absolute Gasteiger partial charge is 0.373 e. The van der Waals surface area contributed by atoms with Crippen LogP contribution >= 0.6 is 0 Å². The van der Waals surface area contributed by atoms with Crippen molar-refractivity contribution in [2.24, 2.45) is 0 Å². The van der Waals surface area contributed by atoms with Gasteiger partial charge in [0.25, 0.3) is 5.91 Å². The summed E-state index contributed by atoms with van der Waals surface area (Å²) >= 11 is 0. The SMILES string of the molecule is CC1CN(Cc2ccc(CNC(=O)CN3C(=O)NC4(CCc5ccccc54)C3=O)cc2)CC(C)O1. The van der Waals surface area contributed by atoms with E-state index in [2.05, 4.69) is 41.5 Å². The maximum Gasteiger partial charge on any atom is 0.325 e. The molecule has 2 fully saturated rings. The van der Waals surface area contributed by atoms with Gasteiger partial charge in [0.05, 0.1) is 12.2 Å². The highest BCUT2D eigenvalue weighted by molar-refractivity contribution is 6.09. The number of rotatable bonds is 6. The smallest absolute Gasteiger partial charge is 0.325 e. The molecule has 2 saturated heterocycles. The van der Waals surface area contributed by atoms with Crippen LogP contribution in [-0.2, 0) is 39.4 Å². The Bertz CT molecular complexity index is 1120. The van der Waals surface area contributed by atoms with Gasteiger partial charge in [-0.25, -0.2) is 4.79 Å². The molecule has 2 aromatic rings. The highest BCUT2D eigenvalue weighted by atomic mass is 16.5. The van der Waals surface area contributed by atoms with Crippen LogP contribution in [0, 0.1) is 0 Å². The highest BCUT2D eigenvalue weighted by Gasteiger charge is 2.55. The molecule has 2 aliphatic heterocycles. The molecule has 3 aliphatic rings. The fourth-order valence-corrected chi connectivity index (χ4v) is 5.57. The zero-order chi connectivity index (χ0) is 24.6. The van der Waals surface area contributed by atoms with E-state index in [-0.39, 0.29) is 30.6 Å². The van der Waals surface area contributed by atoms with Gasteiger partial charge >= 0.3 is 6.03 Å². The number of nitrogens with one attached hydrogen (secondary N) is 2. The molecule has 1 aliphatic carbocycles. The molecule has 3 atom stereocenters. The average Bonchev–Trinajstić information content (AvgIpc) is 3.31. The number of imide groups is 1. The summed E-state index contributed by atoms with van der Waals surface area (Å²) < 4.78 is 5.80. The van der Waals surface area contributed by atoms with Crippen molar-refractivity contribution < 1.29 is 19.1 Å². The molecule has 8 heteroatoms. The number of morpholine rings is 1. The van der Waals surface area contributed by atoms with Crippen LogP contribution in [0.25, 0.3) is 0 Å². The second kappa shape index (κ2) is 9.43. The van der Waals surface area contributed by atoms with Crippen LogP contribution in [0.15, 0.2) is 48.5 Å². The number of ether oxygens (including phenoxy) is 1. The van der Waals surface area contributed by atoms with E-state index in [1.54, 1.807) is 0 Å². The van der Waals surface area contributed by atoms with Crippen LogP contribution in [0.1, 0.15) is 42.5 Å². The number of urea groups is 1. The Morgan fingerprint density at radius 3 is 2.49 bits per heavy atom. The molecule has 0 radical (unpaired) electrons. The molecule has 0 aromatic heterocycles. The Morgan fingerprint density at radius 2 is 1.74 bits per heavy atom. The van der Waals surface area contributed by atoms with Gasteiger partial charge in [-0.1, -0.05) is 48.5 Å². The van der Waals surface area contributed by atoms with Gasteiger partial charge in [-0.3, -0.25) is 19.4 Å². The fourth-order valence-electron chi connectivity index (χ4n) is 5.57. The predicted molar refractivity (Wildman–Crippen MR) is 130 cm³/mol. The van der Waals surface area contributed by atoms with Gasteiger partial charge in [0, 0.05) is 26.2 Å². The first kappa shape index (κ1) is 23.5. The number of carbonyl (C=O) groups is 3. The molecule has 0 saturated carbocycles. The molecule has 2 aromatic carbocycles. The number of benzene rings is 2. The van der Waals surface area contributed by atoms with E-state index in [4.69, 9.17) is 4.74 Å². The number of aryl methyl sites for hydroxylation is 1. The average molecular weight is 477 g/mol. The maximum atomic E-state index is 13.2. The van der Waals surface area contributed by atoms with Crippen molar-refractivity contribution in [2.75, 3.05) is 19.6 Å². The minimum atomic E-state index is -1.04. The Morgan fingerprint density at radius 1 is 1.06 bits per heavy atom. The van der Waals surface area contributed by atoms with Crippen molar-refractivity contribution in [3.05, 3.63) is 70.8 Å². The third-order valence-corrected chi connectivity index (χ3v) is 7.14. The van der Waals surface area contributed by atoms with Crippen molar-refractivity contribution in [3.63, 3.8) is 0 Å². The minimum Gasteiger partial charge on any atom is -0.373 e. The number of hydrogen-bond donors (Lipinski definition) is 2. The van der Waals surface area contributed by atoms with Crippen molar-refractivity contribution in [2.45, 2.75) is 57.5 Å². The number of carbonyl (C=O) groups excluding carboxylic acids is 3. The first-order chi connectivity index (χ1) is 16.8. The number of amides is 4. The molecule has 2 N–H and O–H groups in total. The van der Waals surface area contributed by atoms with E-state index in [0.717, 1.165) is 47.6 Å². The van der Waals surface area contributed by atoms with E-state index >= 15 is 0 Å². The number of fused-ring (bicyclic) bond motifs is 2. The van der Waals surface area contributed by atoms with Gasteiger partial charge in [0.15, 0.2) is 0 Å². The van der Waals surface area contributed by atoms with E-state index in [1.807, 2.05) is 36.4 Å². The van der Waals surface area contributed by atoms with Crippen molar-refractivity contribution in [1.82, 2.24) is 20.4 Å². The lowest BCUT2D eigenvalue weighted by Gasteiger charge is -2.35. The molecule has 1 spiro atoms. The zero-order valence-electron chi connectivity index (χ0n) is 20.3. The van der Waals surface area contributed by atoms with Gasteiger partial charge in [-0.05, 0) is 48.9 Å². The van der Waals surface area contributed by atoms with Gasteiger partial charge < -0.3 is 15.4 Å². The third kappa shape index (κ3) is 4.68. The summed E-state index contributed by atoms with van der Waals surface area (Å²) in [6.07, 6.45) is 1.71. The first-order valence-corrected chi connectivity index (χ1v) is 12.3. The van der Waals surface area contributed by atoms with Crippen LogP contribution in [-0.4, -0.2) is 59.5 Å². The number of nitrogens with zero attached hydrogens (tertiary/aromatic N) is 2. The van der Waals surface area contributed by atoms with Crippen molar-refractivity contribution in [3.8, 4) is 0 Å². The van der Waals surface area contributed by atoms with Crippen LogP contribution in [0.5, 0.6) is 0 Å². The van der Waals surface area contributed by atoms with Crippen molar-refractivity contribution in [1.29, 1.82) is 0 Å².